The summed E-state index contributed by atoms with van der Waals surface area (Å²) in [6.45, 7) is 0. The van der Waals surface area contributed by atoms with Crippen LogP contribution in [0.5, 0.6) is 0 Å². The van der Waals surface area contributed by atoms with Crippen LogP contribution in [0.2, 0.25) is 0 Å². The van der Waals surface area contributed by atoms with E-state index in [9.17, 15) is 0 Å². The fourth-order valence-electron chi connectivity index (χ4n) is 14.6. The second-order valence-electron chi connectivity index (χ2n) is 24.8. The van der Waals surface area contributed by atoms with Crippen LogP contribution in [0.3, 0.4) is 0 Å². The summed E-state index contributed by atoms with van der Waals surface area (Å²) < 4.78 is 5.12. The molecule has 0 aliphatic heterocycles. The van der Waals surface area contributed by atoms with Gasteiger partial charge in [-0.15, -0.1) is 49.2 Å². The molecule has 0 unspecified atom stereocenters. The molecule has 0 saturated carbocycles. The average molecular weight is 983 g/mol. The Balaban J connectivity index is 1.50. The third kappa shape index (κ3) is 7.68. The zero-order valence-corrected chi connectivity index (χ0v) is 53.7. The summed E-state index contributed by atoms with van der Waals surface area (Å²) in [5, 5.41) is 5.27. The Labute approximate surface area is 495 Å². The van der Waals surface area contributed by atoms with Crippen LogP contribution in [-0.4, -0.2) is 252 Å². The van der Waals surface area contributed by atoms with E-state index in [-0.39, 0.29) is 0 Å². The van der Waals surface area contributed by atoms with E-state index in [2.05, 4.69) is 237 Å². The molecule has 0 N–H and O–H groups in total. The van der Waals surface area contributed by atoms with Gasteiger partial charge in [0, 0.05) is 38.9 Å². The van der Waals surface area contributed by atoms with Gasteiger partial charge in [-0.1, -0.05) is 109 Å². The number of hydrogen-bond acceptors (Lipinski definition) is 3. The molecule has 10 rings (SSSR count). The molecule has 0 radical (unpaired) electrons. The van der Waals surface area contributed by atoms with Crippen LogP contribution in [0.15, 0.2) is 0 Å². The zero-order chi connectivity index (χ0) is 58.3. The van der Waals surface area contributed by atoms with Crippen molar-refractivity contribution in [1.82, 2.24) is 24.1 Å². The van der Waals surface area contributed by atoms with Crippen molar-refractivity contribution in [1.29, 1.82) is 0 Å². The van der Waals surface area contributed by atoms with E-state index < -0.39 is 0 Å². The Morgan fingerprint density at radius 2 is 0.405 bits per heavy atom. The predicted octanol–water partition coefficient (Wildman–Crippen LogP) is -39.4. The van der Waals surface area contributed by atoms with Gasteiger partial charge < -0.3 is 4.57 Å². The number of hydrogen-bond donors (Lipinski definition) is 0. The standard InChI is InChI=1S/C45H58B29N5/c46-9-1(2-11(48)20(57)27(64)21(58)12(2)49)10(47)19(56)17(54)7(9)43-75-44(77-45(76-43)79-40-5(15(52)24(61)30(67)35(40)72)6-16(53)25(62)31(68)36(73)41(6)79)8-18(55)26(63)32(69)37(74)42(8)78-38-3(13(50)22(59)28(65)33(38)70)4-14(51)23(60)29(66)34(71)39(4)78/h46-74H2. The van der Waals surface area contributed by atoms with E-state index in [1.165, 1.54) is 213 Å². The number of rotatable bonds is 5. The minimum Gasteiger partial charge on any atom is -0.310 e. The van der Waals surface area contributed by atoms with Gasteiger partial charge in [0.2, 0.25) is 5.95 Å². The molecule has 0 bridgehead atoms. The molecular weight excluding hydrogens is 924 g/mol. The molecule has 5 nitrogen and oxygen atoms in total. The topological polar surface area (TPSA) is 48.5 Å². The highest BCUT2D eigenvalue weighted by molar-refractivity contribution is 6.76. The van der Waals surface area contributed by atoms with Crippen molar-refractivity contribution >= 4 is 430 Å². The molecule has 7 aromatic carbocycles. The summed E-state index contributed by atoms with van der Waals surface area (Å²) in [7, 11) is 67.1. The summed E-state index contributed by atoms with van der Waals surface area (Å²) in [6, 6.07) is 0. The smallest absolute Gasteiger partial charge is 0.238 e. The van der Waals surface area contributed by atoms with E-state index in [4.69, 9.17) is 15.0 Å². The van der Waals surface area contributed by atoms with Crippen LogP contribution in [0.4, 0.5) is 0 Å². The maximum atomic E-state index is 6.03. The van der Waals surface area contributed by atoms with E-state index in [0.717, 1.165) is 16.8 Å². The Morgan fingerprint density at radius 1 is 0.177 bits per heavy atom. The lowest BCUT2D eigenvalue weighted by atomic mass is 9.56. The lowest BCUT2D eigenvalue weighted by molar-refractivity contribution is 0.957. The first-order chi connectivity index (χ1) is 36.9. The molecular formula is C45H58B29N5. The fraction of sp³-hybridized carbons (Fsp3) is 0. The summed E-state index contributed by atoms with van der Waals surface area (Å²) in [6.07, 6.45) is 0. The molecule has 0 spiro atoms. The van der Waals surface area contributed by atoms with Crippen LogP contribution in [0.25, 0.3) is 89.2 Å². The summed E-state index contributed by atoms with van der Waals surface area (Å²) >= 11 is 0. The molecule has 350 valence electrons. The van der Waals surface area contributed by atoms with Gasteiger partial charge in [0.05, 0.1) is 0 Å². The van der Waals surface area contributed by atoms with Crippen molar-refractivity contribution in [3.05, 3.63) is 0 Å². The van der Waals surface area contributed by atoms with Gasteiger partial charge in [-0.25, -0.2) is 4.98 Å². The quantitative estimate of drug-likeness (QED) is 0.161. The highest BCUT2D eigenvalue weighted by Gasteiger charge is 2.32. The van der Waals surface area contributed by atoms with E-state index >= 15 is 0 Å². The second kappa shape index (κ2) is 19.6. The van der Waals surface area contributed by atoms with E-state index in [0.29, 0.717) is 17.6 Å². The predicted molar refractivity (Wildman–Crippen MR) is 442 cm³/mol. The molecule has 3 aromatic heterocycles. The molecule has 0 saturated heterocycles. The van der Waals surface area contributed by atoms with Crippen molar-refractivity contribution in [2.24, 2.45) is 0 Å². The highest BCUT2D eigenvalue weighted by Crippen LogP contribution is 2.32. The maximum Gasteiger partial charge on any atom is 0.238 e. The zero-order valence-electron chi connectivity index (χ0n) is 53.7. The van der Waals surface area contributed by atoms with E-state index in [1.54, 1.807) is 0 Å². The Kier molecular flexibility index (Phi) is 14.2. The summed E-state index contributed by atoms with van der Waals surface area (Å²) in [5.41, 5.74) is 48.5. The molecule has 3 heterocycles. The molecule has 79 heavy (non-hydrogen) atoms. The number of nitrogens with zero attached hydrogens (tertiary/aromatic N) is 5. The highest BCUT2D eigenvalue weighted by atomic mass is 15.2. The number of aromatic nitrogens is 5. The monoisotopic (exact) mass is 988 g/mol. The van der Waals surface area contributed by atoms with Gasteiger partial charge in [0.1, 0.15) is 228 Å². The van der Waals surface area contributed by atoms with Gasteiger partial charge in [0.15, 0.2) is 11.6 Å². The third-order valence-electron chi connectivity index (χ3n) is 22.0. The molecule has 10 aromatic rings. The minimum absolute atomic E-state index is 0.643. The van der Waals surface area contributed by atoms with Crippen molar-refractivity contribution < 1.29 is 0 Å². The van der Waals surface area contributed by atoms with Gasteiger partial charge in [-0.3, -0.25) is 4.57 Å². The number of fused-ring (bicyclic) bond motifs is 6. The van der Waals surface area contributed by atoms with Crippen molar-refractivity contribution in [2.75, 3.05) is 0 Å². The Bertz CT molecular complexity index is 4360. The fourth-order valence-corrected chi connectivity index (χ4v) is 14.6. The summed E-state index contributed by atoms with van der Waals surface area (Å²) in [4.78, 5) is 18.0. The third-order valence-corrected chi connectivity index (χ3v) is 22.0. The number of benzene rings is 7. The SMILES string of the molecule is Bc1c(B)c(B)c(-c2c(B)c(B)c(B)c(-c3nc(-c4c(B)c(B)c(B)c(B)c4-n4c5c(B)c(B)c(B)c(B)c5c5c(B)c(B)c(B)c(B)c54)nc(-n4c5c(B)c(B)c(B)c(B)c5c5c(B)c(B)c(B)c(B)c54)n3)c2B)c(B)c1B. The summed E-state index contributed by atoms with van der Waals surface area (Å²) in [5.74, 6) is 2.02. The van der Waals surface area contributed by atoms with Gasteiger partial charge >= 0.3 is 0 Å². The molecule has 0 atom stereocenters. The molecule has 0 fully saturated rings. The molecule has 0 amide bonds. The minimum atomic E-state index is 0.643. The van der Waals surface area contributed by atoms with Crippen molar-refractivity contribution in [3.8, 4) is 45.5 Å². The average Bonchev–Trinajstić information content (AvgIpc) is 4.08. The second-order valence-corrected chi connectivity index (χ2v) is 24.8. The van der Waals surface area contributed by atoms with Crippen LogP contribution in [-0.2, 0) is 0 Å². The van der Waals surface area contributed by atoms with Crippen LogP contribution >= 0.6 is 0 Å². The largest absolute Gasteiger partial charge is 0.310 e. The first-order valence-electron chi connectivity index (χ1n) is 28.9. The Morgan fingerprint density at radius 3 is 0.759 bits per heavy atom. The van der Waals surface area contributed by atoms with Gasteiger partial charge in [0.25, 0.3) is 0 Å². The maximum absolute atomic E-state index is 6.03. The van der Waals surface area contributed by atoms with Crippen LogP contribution < -0.4 is 158 Å². The molecule has 0 aliphatic rings. The van der Waals surface area contributed by atoms with Crippen LogP contribution in [0, 0.1) is 0 Å². The van der Waals surface area contributed by atoms with Crippen LogP contribution in [0.1, 0.15) is 0 Å². The molecule has 34 heteroatoms. The lowest BCUT2D eigenvalue weighted by Crippen LogP contribution is -2.57. The first kappa shape index (κ1) is 57.3. The van der Waals surface area contributed by atoms with Crippen molar-refractivity contribution in [3.63, 3.8) is 0 Å². The lowest BCUT2D eigenvalue weighted by Gasteiger charge is -2.28. The normalized spacial score (nSPS) is 11.7. The van der Waals surface area contributed by atoms with E-state index in [1.807, 2.05) is 0 Å². The first-order valence-corrected chi connectivity index (χ1v) is 28.9. The van der Waals surface area contributed by atoms with Gasteiger partial charge in [-0.05, 0) is 32.7 Å². The molecule has 0 aliphatic carbocycles. The van der Waals surface area contributed by atoms with Crippen molar-refractivity contribution in [2.45, 2.75) is 0 Å². The van der Waals surface area contributed by atoms with Gasteiger partial charge in [-0.2, -0.15) is 9.97 Å². The Hall–Kier alpha value is -4.97.